The van der Waals surface area contributed by atoms with Crippen molar-refractivity contribution >= 4 is 27.5 Å². The fraction of sp³-hybridized carbons (Fsp3) is 0.600. The first-order valence-corrected chi connectivity index (χ1v) is 7.81. The first-order valence-electron chi connectivity index (χ1n) is 6.58. The maximum atomic E-state index is 6.69. The van der Waals surface area contributed by atoms with Gasteiger partial charge in [0.05, 0.1) is 24.7 Å². The SMILES string of the molecule is COc1c(C)cc(Br)c(C)c1C(Cl)C1CCC(C)O1. The molecule has 1 aromatic rings. The number of halogens is 2. The van der Waals surface area contributed by atoms with Crippen LogP contribution in [0.1, 0.15) is 41.8 Å². The normalized spacial score (nSPS) is 24.5. The van der Waals surface area contributed by atoms with Crippen molar-refractivity contribution in [2.24, 2.45) is 0 Å². The molecule has 3 atom stereocenters. The Morgan fingerprint density at radius 1 is 1.42 bits per heavy atom. The lowest BCUT2D eigenvalue weighted by Gasteiger charge is -2.24. The Kier molecular flexibility index (Phi) is 4.80. The molecule has 0 saturated carbocycles. The third kappa shape index (κ3) is 2.93. The van der Waals surface area contributed by atoms with Crippen LogP contribution in [0.15, 0.2) is 10.5 Å². The van der Waals surface area contributed by atoms with Gasteiger partial charge in [-0.25, -0.2) is 0 Å². The molecule has 0 aromatic heterocycles. The number of rotatable bonds is 3. The molecular weight excluding hydrogens is 328 g/mol. The minimum Gasteiger partial charge on any atom is -0.496 e. The molecule has 1 saturated heterocycles. The maximum Gasteiger partial charge on any atom is 0.126 e. The highest BCUT2D eigenvalue weighted by molar-refractivity contribution is 9.10. The Hall–Kier alpha value is -0.250. The molecule has 1 aliphatic heterocycles. The van der Waals surface area contributed by atoms with E-state index in [1.165, 1.54) is 0 Å². The first-order chi connectivity index (χ1) is 8.95. The summed E-state index contributed by atoms with van der Waals surface area (Å²) in [5.41, 5.74) is 3.27. The molecular formula is C15H20BrClO2. The molecule has 0 aliphatic carbocycles. The van der Waals surface area contributed by atoms with Gasteiger partial charge in [-0.1, -0.05) is 15.9 Å². The first kappa shape index (κ1) is 15.1. The largest absolute Gasteiger partial charge is 0.496 e. The van der Waals surface area contributed by atoms with Gasteiger partial charge in [-0.3, -0.25) is 0 Å². The van der Waals surface area contributed by atoms with E-state index in [-0.39, 0.29) is 11.5 Å². The van der Waals surface area contributed by atoms with Crippen molar-refractivity contribution in [2.75, 3.05) is 7.11 Å². The minimum absolute atomic E-state index is 0.0676. The molecule has 1 heterocycles. The standard InChI is InChI=1S/C15H20BrClO2/c1-8-7-11(16)10(3)13(15(8)18-4)14(17)12-6-5-9(2)19-12/h7,9,12,14H,5-6H2,1-4H3. The molecule has 106 valence electrons. The lowest BCUT2D eigenvalue weighted by atomic mass is 9.97. The Morgan fingerprint density at radius 3 is 2.63 bits per heavy atom. The molecule has 2 nitrogen and oxygen atoms in total. The summed E-state index contributed by atoms with van der Waals surface area (Å²) < 4.78 is 12.5. The van der Waals surface area contributed by atoms with Crippen molar-refractivity contribution in [1.29, 1.82) is 0 Å². The molecule has 3 unspecified atom stereocenters. The van der Waals surface area contributed by atoms with Crippen molar-refractivity contribution in [1.82, 2.24) is 0 Å². The van der Waals surface area contributed by atoms with Crippen molar-refractivity contribution in [3.8, 4) is 5.75 Å². The fourth-order valence-corrected chi connectivity index (χ4v) is 3.72. The van der Waals surface area contributed by atoms with Gasteiger partial charge in [0.25, 0.3) is 0 Å². The lowest BCUT2D eigenvalue weighted by molar-refractivity contribution is 0.0528. The zero-order valence-electron chi connectivity index (χ0n) is 11.8. The fourth-order valence-electron chi connectivity index (χ4n) is 2.71. The highest BCUT2D eigenvalue weighted by atomic mass is 79.9. The predicted octanol–water partition coefficient (Wildman–Crippen LogP) is 4.92. The van der Waals surface area contributed by atoms with E-state index in [9.17, 15) is 0 Å². The van der Waals surface area contributed by atoms with Crippen LogP contribution in [0.3, 0.4) is 0 Å². The van der Waals surface area contributed by atoms with Gasteiger partial charge in [0.2, 0.25) is 0 Å². The van der Waals surface area contributed by atoms with E-state index in [1.54, 1.807) is 7.11 Å². The third-order valence-electron chi connectivity index (χ3n) is 3.78. The number of hydrogen-bond donors (Lipinski definition) is 0. The number of methoxy groups -OCH3 is 1. The van der Waals surface area contributed by atoms with E-state index in [4.69, 9.17) is 21.1 Å². The molecule has 4 heteroatoms. The summed E-state index contributed by atoms with van der Waals surface area (Å²) in [7, 11) is 1.70. The van der Waals surface area contributed by atoms with Gasteiger partial charge in [0, 0.05) is 10.0 Å². The number of alkyl halides is 1. The van der Waals surface area contributed by atoms with Crippen LogP contribution < -0.4 is 4.74 Å². The van der Waals surface area contributed by atoms with Crippen LogP contribution in [0.2, 0.25) is 0 Å². The van der Waals surface area contributed by atoms with E-state index < -0.39 is 0 Å². The van der Waals surface area contributed by atoms with Crippen LogP contribution in [0, 0.1) is 13.8 Å². The maximum absolute atomic E-state index is 6.69. The van der Waals surface area contributed by atoms with Gasteiger partial charge in [-0.2, -0.15) is 0 Å². The van der Waals surface area contributed by atoms with Crippen LogP contribution in [-0.4, -0.2) is 19.3 Å². The van der Waals surface area contributed by atoms with Crippen molar-refractivity contribution in [3.63, 3.8) is 0 Å². The van der Waals surface area contributed by atoms with Crippen LogP contribution in [0.5, 0.6) is 5.75 Å². The number of aryl methyl sites for hydroxylation is 1. The average molecular weight is 348 g/mol. The Bertz CT molecular complexity index is 476. The minimum atomic E-state index is -0.170. The molecule has 0 spiro atoms. The molecule has 0 amide bonds. The summed E-state index contributed by atoms with van der Waals surface area (Å²) in [6, 6.07) is 2.07. The van der Waals surface area contributed by atoms with Crippen molar-refractivity contribution in [2.45, 2.75) is 51.2 Å². The summed E-state index contributed by atoms with van der Waals surface area (Å²) in [6.45, 7) is 6.20. The molecule has 19 heavy (non-hydrogen) atoms. The summed E-state index contributed by atoms with van der Waals surface area (Å²) in [5.74, 6) is 0.879. The molecule has 1 fully saturated rings. The quantitative estimate of drug-likeness (QED) is 0.722. The highest BCUT2D eigenvalue weighted by Crippen LogP contribution is 2.43. The second-order valence-electron chi connectivity index (χ2n) is 5.21. The van der Waals surface area contributed by atoms with E-state index >= 15 is 0 Å². The second-order valence-corrected chi connectivity index (χ2v) is 6.54. The van der Waals surface area contributed by atoms with Crippen LogP contribution in [-0.2, 0) is 4.74 Å². The van der Waals surface area contributed by atoms with Crippen molar-refractivity contribution < 1.29 is 9.47 Å². The van der Waals surface area contributed by atoms with Crippen LogP contribution >= 0.6 is 27.5 Å². The molecule has 0 N–H and O–H groups in total. The highest BCUT2D eigenvalue weighted by Gasteiger charge is 2.32. The average Bonchev–Trinajstić information content (AvgIpc) is 2.79. The van der Waals surface area contributed by atoms with Gasteiger partial charge in [0.1, 0.15) is 5.75 Å². The van der Waals surface area contributed by atoms with E-state index in [1.807, 2.05) is 6.92 Å². The Labute approximate surface area is 128 Å². The molecule has 2 rings (SSSR count). The van der Waals surface area contributed by atoms with Crippen LogP contribution in [0.25, 0.3) is 0 Å². The molecule has 0 bridgehead atoms. The molecule has 0 radical (unpaired) electrons. The molecule has 1 aromatic carbocycles. The summed E-state index contributed by atoms with van der Waals surface area (Å²) in [4.78, 5) is 0. The van der Waals surface area contributed by atoms with E-state index in [0.717, 1.165) is 39.8 Å². The zero-order chi connectivity index (χ0) is 14.2. The summed E-state index contributed by atoms with van der Waals surface area (Å²) in [5, 5.41) is -0.170. The molecule has 1 aliphatic rings. The third-order valence-corrected chi connectivity index (χ3v) is 5.10. The lowest BCUT2D eigenvalue weighted by Crippen LogP contribution is -2.17. The Balaban J connectivity index is 2.42. The van der Waals surface area contributed by atoms with Gasteiger partial charge < -0.3 is 9.47 Å². The predicted molar refractivity (Wildman–Crippen MR) is 82.3 cm³/mol. The van der Waals surface area contributed by atoms with Crippen molar-refractivity contribution in [3.05, 3.63) is 27.2 Å². The van der Waals surface area contributed by atoms with Gasteiger partial charge in [-0.05, 0) is 50.8 Å². The second kappa shape index (κ2) is 6.02. The van der Waals surface area contributed by atoms with Crippen LogP contribution in [0.4, 0.5) is 0 Å². The number of ether oxygens (including phenoxy) is 2. The topological polar surface area (TPSA) is 18.5 Å². The monoisotopic (exact) mass is 346 g/mol. The van der Waals surface area contributed by atoms with E-state index in [2.05, 4.69) is 35.8 Å². The van der Waals surface area contributed by atoms with Gasteiger partial charge in [-0.15, -0.1) is 11.6 Å². The van der Waals surface area contributed by atoms with E-state index in [0.29, 0.717) is 6.10 Å². The summed E-state index contributed by atoms with van der Waals surface area (Å²) in [6.07, 6.45) is 2.44. The summed E-state index contributed by atoms with van der Waals surface area (Å²) >= 11 is 10.3. The van der Waals surface area contributed by atoms with Gasteiger partial charge in [0.15, 0.2) is 0 Å². The Morgan fingerprint density at radius 2 is 2.11 bits per heavy atom. The number of benzene rings is 1. The smallest absolute Gasteiger partial charge is 0.126 e. The van der Waals surface area contributed by atoms with Gasteiger partial charge >= 0.3 is 0 Å². The zero-order valence-corrected chi connectivity index (χ0v) is 14.1. The number of hydrogen-bond acceptors (Lipinski definition) is 2.